The van der Waals surface area contributed by atoms with Crippen LogP contribution in [0.4, 0.5) is 0 Å². The first-order valence-corrected chi connectivity index (χ1v) is 5.36. The molecule has 0 aromatic heterocycles. The van der Waals surface area contributed by atoms with Gasteiger partial charge >= 0.3 is 0 Å². The van der Waals surface area contributed by atoms with Crippen molar-refractivity contribution in [3.8, 4) is 0 Å². The maximum Gasteiger partial charge on any atom is 0.0702 e. The quantitative estimate of drug-likeness (QED) is 0.684. The van der Waals surface area contributed by atoms with Crippen LogP contribution in [0.5, 0.6) is 0 Å². The number of hydrogen-bond acceptors (Lipinski definition) is 3. The van der Waals surface area contributed by atoms with Crippen molar-refractivity contribution in [2.24, 2.45) is 0 Å². The minimum atomic E-state index is -0.0939. The molecule has 1 N–H and O–H groups in total. The highest BCUT2D eigenvalue weighted by atomic mass is 16.5. The van der Waals surface area contributed by atoms with Crippen LogP contribution in [0.1, 0.15) is 25.7 Å². The lowest BCUT2D eigenvalue weighted by molar-refractivity contribution is -0.00348. The lowest BCUT2D eigenvalue weighted by Crippen LogP contribution is -2.34. The fourth-order valence-corrected chi connectivity index (χ4v) is 2.22. The largest absolute Gasteiger partial charge is 0.392 e. The van der Waals surface area contributed by atoms with Crippen LogP contribution < -0.4 is 0 Å². The number of hydrogen-bond donors (Lipinski definition) is 1. The van der Waals surface area contributed by atoms with Crippen molar-refractivity contribution in [1.82, 2.24) is 4.90 Å². The molecule has 2 atom stereocenters. The first kappa shape index (κ1) is 9.44. The van der Waals surface area contributed by atoms with Crippen LogP contribution in [0.3, 0.4) is 0 Å². The molecule has 3 heteroatoms. The van der Waals surface area contributed by atoms with Gasteiger partial charge in [-0.05, 0) is 25.7 Å². The molecule has 13 heavy (non-hydrogen) atoms. The van der Waals surface area contributed by atoms with Crippen molar-refractivity contribution in [2.75, 3.05) is 26.2 Å². The summed E-state index contributed by atoms with van der Waals surface area (Å²) in [6.45, 7) is 3.85. The topological polar surface area (TPSA) is 32.7 Å². The Morgan fingerprint density at radius 1 is 1.31 bits per heavy atom. The Hall–Kier alpha value is -0.120. The monoisotopic (exact) mass is 185 g/mol. The first-order chi connectivity index (χ1) is 6.34. The minimum Gasteiger partial charge on any atom is -0.392 e. The molecule has 2 fully saturated rings. The Morgan fingerprint density at radius 3 is 2.85 bits per heavy atom. The number of aliphatic hydroxyl groups excluding tert-OH is 1. The molecule has 0 saturated carbocycles. The highest BCUT2D eigenvalue weighted by Gasteiger charge is 2.24. The van der Waals surface area contributed by atoms with Gasteiger partial charge in [0.1, 0.15) is 0 Å². The van der Waals surface area contributed by atoms with E-state index in [1.807, 2.05) is 0 Å². The summed E-state index contributed by atoms with van der Waals surface area (Å²) in [5.74, 6) is 0. The summed E-state index contributed by atoms with van der Waals surface area (Å²) in [7, 11) is 0. The van der Waals surface area contributed by atoms with Gasteiger partial charge in [0.15, 0.2) is 0 Å². The Bertz CT molecular complexity index is 154. The first-order valence-electron chi connectivity index (χ1n) is 5.36. The van der Waals surface area contributed by atoms with E-state index in [2.05, 4.69) is 4.90 Å². The van der Waals surface area contributed by atoms with Crippen LogP contribution in [0, 0.1) is 0 Å². The lowest BCUT2D eigenvalue weighted by atomic mass is 10.1. The van der Waals surface area contributed by atoms with E-state index in [1.165, 1.54) is 19.3 Å². The Kier molecular flexibility index (Phi) is 3.19. The van der Waals surface area contributed by atoms with Crippen molar-refractivity contribution in [2.45, 2.75) is 37.9 Å². The predicted molar refractivity (Wildman–Crippen MR) is 50.7 cm³/mol. The van der Waals surface area contributed by atoms with Crippen LogP contribution in [-0.4, -0.2) is 48.5 Å². The molecule has 2 aliphatic rings. The van der Waals surface area contributed by atoms with Crippen LogP contribution in [0.25, 0.3) is 0 Å². The Balaban J connectivity index is 1.71. The molecule has 0 spiro atoms. The van der Waals surface area contributed by atoms with Gasteiger partial charge in [0.25, 0.3) is 0 Å². The molecule has 0 aliphatic carbocycles. The van der Waals surface area contributed by atoms with Gasteiger partial charge < -0.3 is 9.84 Å². The van der Waals surface area contributed by atoms with Crippen molar-refractivity contribution >= 4 is 0 Å². The maximum atomic E-state index is 9.35. The van der Waals surface area contributed by atoms with Gasteiger partial charge in [-0.2, -0.15) is 0 Å². The minimum absolute atomic E-state index is 0.0939. The molecule has 0 bridgehead atoms. The lowest BCUT2D eigenvalue weighted by Gasteiger charge is -2.26. The normalized spacial score (nSPS) is 36.7. The van der Waals surface area contributed by atoms with E-state index in [4.69, 9.17) is 4.74 Å². The van der Waals surface area contributed by atoms with Crippen LogP contribution in [0.2, 0.25) is 0 Å². The summed E-state index contributed by atoms with van der Waals surface area (Å²) in [5, 5.41) is 9.35. The molecule has 2 aliphatic heterocycles. The van der Waals surface area contributed by atoms with Gasteiger partial charge in [-0.25, -0.2) is 0 Å². The molecule has 3 nitrogen and oxygen atoms in total. The number of ether oxygens (including phenoxy) is 1. The third-order valence-corrected chi connectivity index (χ3v) is 2.98. The molecule has 76 valence electrons. The van der Waals surface area contributed by atoms with Gasteiger partial charge in [-0.1, -0.05) is 0 Å². The van der Waals surface area contributed by atoms with Gasteiger partial charge in [-0.15, -0.1) is 0 Å². The smallest absolute Gasteiger partial charge is 0.0702 e. The molecular weight excluding hydrogens is 166 g/mol. The van der Waals surface area contributed by atoms with Crippen LogP contribution >= 0.6 is 0 Å². The highest BCUT2D eigenvalue weighted by Crippen LogP contribution is 2.16. The molecule has 1 unspecified atom stereocenters. The van der Waals surface area contributed by atoms with E-state index in [1.54, 1.807) is 0 Å². The molecule has 2 rings (SSSR count). The number of rotatable bonds is 2. The second-order valence-corrected chi connectivity index (χ2v) is 4.19. The van der Waals surface area contributed by atoms with Crippen molar-refractivity contribution in [3.05, 3.63) is 0 Å². The average molecular weight is 185 g/mol. The Labute approximate surface area is 79.7 Å². The number of nitrogens with zero attached hydrogens (tertiary/aromatic N) is 1. The van der Waals surface area contributed by atoms with E-state index in [9.17, 15) is 5.11 Å². The third-order valence-electron chi connectivity index (χ3n) is 2.98. The molecule has 0 amide bonds. The van der Waals surface area contributed by atoms with E-state index in [-0.39, 0.29) is 6.10 Å². The highest BCUT2D eigenvalue weighted by molar-refractivity contribution is 4.77. The zero-order valence-electron chi connectivity index (χ0n) is 8.11. The summed E-state index contributed by atoms with van der Waals surface area (Å²) < 4.78 is 5.65. The molecule has 0 radical (unpaired) electrons. The standard InChI is InChI=1S/C10H19NO2/c12-9-4-5-11(7-9)8-10-3-1-2-6-13-10/h9-10,12H,1-8H2/t9-,10?/m0/s1. The van der Waals surface area contributed by atoms with Gasteiger partial charge in [0.05, 0.1) is 12.2 Å². The molecule has 0 aromatic carbocycles. The van der Waals surface area contributed by atoms with Gasteiger partial charge in [0, 0.05) is 26.2 Å². The maximum absolute atomic E-state index is 9.35. The molecular formula is C10H19NO2. The van der Waals surface area contributed by atoms with Crippen molar-refractivity contribution < 1.29 is 9.84 Å². The van der Waals surface area contributed by atoms with Crippen molar-refractivity contribution in [1.29, 1.82) is 0 Å². The Morgan fingerprint density at radius 2 is 2.23 bits per heavy atom. The third kappa shape index (κ3) is 2.66. The zero-order valence-corrected chi connectivity index (χ0v) is 8.11. The SMILES string of the molecule is O[C@H]1CCN(CC2CCCCO2)C1. The number of β-amino-alcohol motifs (C(OH)–C–C–N with tert-alkyl or cyclic N) is 1. The molecule has 2 saturated heterocycles. The van der Waals surface area contributed by atoms with E-state index in [0.29, 0.717) is 6.10 Å². The van der Waals surface area contributed by atoms with Crippen molar-refractivity contribution in [3.63, 3.8) is 0 Å². The van der Waals surface area contributed by atoms with E-state index < -0.39 is 0 Å². The van der Waals surface area contributed by atoms with Crippen LogP contribution in [0.15, 0.2) is 0 Å². The summed E-state index contributed by atoms with van der Waals surface area (Å²) in [6.07, 6.45) is 5.00. The summed E-state index contributed by atoms with van der Waals surface area (Å²) in [5.41, 5.74) is 0. The fourth-order valence-electron chi connectivity index (χ4n) is 2.22. The predicted octanol–water partition coefficient (Wildman–Crippen LogP) is 0.622. The second-order valence-electron chi connectivity index (χ2n) is 4.19. The average Bonchev–Trinajstić information content (AvgIpc) is 2.53. The second kappa shape index (κ2) is 4.40. The van der Waals surface area contributed by atoms with Gasteiger partial charge in [0.2, 0.25) is 0 Å². The zero-order chi connectivity index (χ0) is 9.10. The summed E-state index contributed by atoms with van der Waals surface area (Å²) >= 11 is 0. The number of likely N-dealkylation sites (tertiary alicyclic amines) is 1. The fraction of sp³-hybridized carbons (Fsp3) is 1.00. The molecule has 0 aromatic rings. The van der Waals surface area contributed by atoms with E-state index in [0.717, 1.165) is 32.7 Å². The number of aliphatic hydroxyl groups is 1. The summed E-state index contributed by atoms with van der Waals surface area (Å²) in [6, 6.07) is 0. The van der Waals surface area contributed by atoms with Crippen LogP contribution in [-0.2, 0) is 4.74 Å². The van der Waals surface area contributed by atoms with Gasteiger partial charge in [-0.3, -0.25) is 4.90 Å². The molecule has 2 heterocycles. The summed E-state index contributed by atoms with van der Waals surface area (Å²) in [4.78, 5) is 2.32. The van der Waals surface area contributed by atoms with E-state index >= 15 is 0 Å².